The number of para-hydroxylation sites is 2. The molecule has 2 aliphatic heterocycles. The lowest BCUT2D eigenvalue weighted by atomic mass is 9.77. The molecule has 216 valence electrons. The Labute approximate surface area is 260 Å². The Hall–Kier alpha value is -5.09. The van der Waals surface area contributed by atoms with Crippen LogP contribution in [0.2, 0.25) is 0 Å². The molecule has 1 aromatic heterocycles. The second-order valence-corrected chi connectivity index (χ2v) is 12.6. The molecule has 0 fully saturated rings. The molecule has 4 heteroatoms. The Bertz CT molecular complexity index is 1920. The fraction of sp³-hybridized carbons (Fsp3) is 0.175. The number of pyridine rings is 1. The fourth-order valence-electron chi connectivity index (χ4n) is 7.18. The molecule has 4 aromatic carbocycles. The Kier molecular flexibility index (Phi) is 6.19. The van der Waals surface area contributed by atoms with Gasteiger partial charge in [-0.25, -0.2) is 4.98 Å². The van der Waals surface area contributed by atoms with Gasteiger partial charge in [-0.1, -0.05) is 105 Å². The van der Waals surface area contributed by atoms with E-state index in [1.165, 1.54) is 50.6 Å². The van der Waals surface area contributed by atoms with E-state index in [1.807, 2.05) is 6.20 Å². The van der Waals surface area contributed by atoms with Crippen LogP contribution in [-0.2, 0) is 5.41 Å². The predicted molar refractivity (Wildman–Crippen MR) is 183 cm³/mol. The fourth-order valence-corrected chi connectivity index (χ4v) is 7.18. The van der Waals surface area contributed by atoms with E-state index < -0.39 is 0 Å². The Morgan fingerprint density at radius 1 is 0.682 bits per heavy atom. The molecule has 3 heterocycles. The van der Waals surface area contributed by atoms with Crippen molar-refractivity contribution in [1.82, 2.24) is 4.98 Å². The zero-order valence-corrected chi connectivity index (χ0v) is 25.4. The molecule has 0 saturated carbocycles. The normalized spacial score (nSPS) is 18.4. The topological polar surface area (TPSA) is 22.6 Å². The predicted octanol–water partition coefficient (Wildman–Crippen LogP) is 9.35. The maximum Gasteiger partial charge on any atom is 0.134 e. The minimum atomic E-state index is -0.208. The van der Waals surface area contributed by atoms with E-state index in [0.717, 1.165) is 12.5 Å². The third kappa shape index (κ3) is 4.24. The molecule has 5 aromatic rings. The first kappa shape index (κ1) is 26.5. The lowest BCUT2D eigenvalue weighted by Gasteiger charge is -2.30. The number of rotatable bonds is 5. The summed E-state index contributed by atoms with van der Waals surface area (Å²) in [5.74, 6) is 1.28. The quantitative estimate of drug-likeness (QED) is 0.209. The maximum atomic E-state index is 4.93. The molecule has 0 saturated heterocycles. The van der Waals surface area contributed by atoms with Crippen LogP contribution in [-0.4, -0.2) is 24.7 Å². The first-order chi connectivity index (χ1) is 21.5. The largest absolute Gasteiger partial charge is 0.355 e. The van der Waals surface area contributed by atoms with Gasteiger partial charge in [-0.15, -0.1) is 0 Å². The van der Waals surface area contributed by atoms with E-state index in [9.17, 15) is 0 Å². The molecule has 3 aliphatic rings. The number of fused-ring (bicyclic) bond motifs is 4. The first-order valence-corrected chi connectivity index (χ1v) is 15.5. The van der Waals surface area contributed by atoms with Crippen molar-refractivity contribution in [3.63, 3.8) is 0 Å². The number of hydrogen-bond acceptors (Lipinski definition) is 4. The Morgan fingerprint density at radius 2 is 1.45 bits per heavy atom. The Balaban J connectivity index is 1.19. The van der Waals surface area contributed by atoms with Gasteiger partial charge in [-0.3, -0.25) is 0 Å². The second-order valence-electron chi connectivity index (χ2n) is 12.6. The lowest BCUT2D eigenvalue weighted by Crippen LogP contribution is -2.29. The first-order valence-electron chi connectivity index (χ1n) is 15.5. The molecule has 0 radical (unpaired) electrons. The molecular formula is C40H36N4. The van der Waals surface area contributed by atoms with Gasteiger partial charge in [0.2, 0.25) is 0 Å². The highest BCUT2D eigenvalue weighted by Crippen LogP contribution is 2.49. The molecule has 2 atom stereocenters. The second kappa shape index (κ2) is 10.3. The van der Waals surface area contributed by atoms with Crippen molar-refractivity contribution in [3.8, 4) is 11.1 Å². The SMILES string of the molecule is CN1CN(c2cccc(C(C)(C)c3ccc4c(c3)N(c3cc(-c5ccccc5)ccn3)C3C=CC=CC43)c2)c2ccccc21. The molecule has 1 aliphatic carbocycles. The van der Waals surface area contributed by atoms with Crippen LogP contribution in [0.25, 0.3) is 11.1 Å². The summed E-state index contributed by atoms with van der Waals surface area (Å²) in [5.41, 5.74) is 11.1. The van der Waals surface area contributed by atoms with Crippen LogP contribution >= 0.6 is 0 Å². The van der Waals surface area contributed by atoms with Crippen LogP contribution in [0.4, 0.5) is 28.6 Å². The molecule has 44 heavy (non-hydrogen) atoms. The molecule has 0 amide bonds. The van der Waals surface area contributed by atoms with E-state index in [-0.39, 0.29) is 11.5 Å². The average molecular weight is 573 g/mol. The number of allylic oxidation sites excluding steroid dienone is 2. The van der Waals surface area contributed by atoms with Gasteiger partial charge in [0.15, 0.2) is 0 Å². The van der Waals surface area contributed by atoms with Crippen molar-refractivity contribution < 1.29 is 0 Å². The number of aromatic nitrogens is 1. The zero-order valence-electron chi connectivity index (χ0n) is 25.4. The number of benzene rings is 4. The van der Waals surface area contributed by atoms with E-state index in [0.29, 0.717) is 5.92 Å². The summed E-state index contributed by atoms with van der Waals surface area (Å²) in [6, 6.07) is 40.0. The lowest BCUT2D eigenvalue weighted by molar-refractivity contribution is 0.640. The van der Waals surface area contributed by atoms with E-state index >= 15 is 0 Å². The van der Waals surface area contributed by atoms with E-state index in [4.69, 9.17) is 4.98 Å². The summed E-state index contributed by atoms with van der Waals surface area (Å²) in [6.45, 7) is 5.53. The van der Waals surface area contributed by atoms with Gasteiger partial charge in [0, 0.05) is 36.0 Å². The molecular weight excluding hydrogens is 536 g/mol. The van der Waals surface area contributed by atoms with Gasteiger partial charge in [0.1, 0.15) is 5.82 Å². The minimum absolute atomic E-state index is 0.197. The summed E-state index contributed by atoms with van der Waals surface area (Å²) in [7, 11) is 2.16. The van der Waals surface area contributed by atoms with Crippen molar-refractivity contribution in [1.29, 1.82) is 0 Å². The van der Waals surface area contributed by atoms with Crippen LogP contribution < -0.4 is 14.7 Å². The van der Waals surface area contributed by atoms with Crippen LogP contribution in [0.15, 0.2) is 140 Å². The van der Waals surface area contributed by atoms with Crippen molar-refractivity contribution in [3.05, 3.63) is 156 Å². The summed E-state index contributed by atoms with van der Waals surface area (Å²) in [6.07, 6.45) is 11.0. The Morgan fingerprint density at radius 3 is 2.32 bits per heavy atom. The van der Waals surface area contributed by atoms with Gasteiger partial charge >= 0.3 is 0 Å². The number of hydrogen-bond donors (Lipinski definition) is 0. The molecule has 0 bridgehead atoms. The van der Waals surface area contributed by atoms with Gasteiger partial charge in [0.25, 0.3) is 0 Å². The summed E-state index contributed by atoms with van der Waals surface area (Å²) in [4.78, 5) is 12.1. The standard InChI is InChI=1S/C40H36N4/c1-40(2,30-14-11-15-32(25-30)43-27-42(3)36-18-9-10-19-37(36)43)31-20-21-34-33-16-7-8-17-35(33)44(38(34)26-31)39-24-29(22-23-41-39)28-12-5-4-6-13-28/h4-26,33,35H,27H2,1-3H3. The summed E-state index contributed by atoms with van der Waals surface area (Å²) < 4.78 is 0. The third-order valence-corrected chi connectivity index (χ3v) is 9.69. The van der Waals surface area contributed by atoms with Crippen LogP contribution in [0, 0.1) is 0 Å². The molecule has 4 nitrogen and oxygen atoms in total. The summed E-state index contributed by atoms with van der Waals surface area (Å²) in [5, 5.41) is 0. The van der Waals surface area contributed by atoms with Gasteiger partial charge in [0.05, 0.1) is 24.1 Å². The van der Waals surface area contributed by atoms with Crippen molar-refractivity contribution in [2.75, 3.05) is 28.4 Å². The van der Waals surface area contributed by atoms with E-state index in [1.54, 1.807) is 0 Å². The molecule has 0 N–H and O–H groups in total. The van der Waals surface area contributed by atoms with Crippen LogP contribution in [0.1, 0.15) is 36.5 Å². The number of nitrogens with zero attached hydrogens (tertiary/aromatic N) is 4. The third-order valence-electron chi connectivity index (χ3n) is 9.69. The van der Waals surface area contributed by atoms with Crippen molar-refractivity contribution in [2.24, 2.45) is 0 Å². The number of anilines is 5. The highest BCUT2D eigenvalue weighted by Gasteiger charge is 2.39. The van der Waals surface area contributed by atoms with Crippen molar-refractivity contribution in [2.45, 2.75) is 31.2 Å². The highest BCUT2D eigenvalue weighted by atomic mass is 15.4. The smallest absolute Gasteiger partial charge is 0.134 e. The maximum absolute atomic E-state index is 4.93. The van der Waals surface area contributed by atoms with Gasteiger partial charge in [-0.05, 0) is 70.3 Å². The van der Waals surface area contributed by atoms with Crippen LogP contribution in [0.5, 0.6) is 0 Å². The van der Waals surface area contributed by atoms with Crippen LogP contribution in [0.3, 0.4) is 0 Å². The zero-order chi connectivity index (χ0) is 29.8. The highest BCUT2D eigenvalue weighted by molar-refractivity contribution is 5.82. The molecule has 8 rings (SSSR count). The monoisotopic (exact) mass is 572 g/mol. The minimum Gasteiger partial charge on any atom is -0.355 e. The van der Waals surface area contributed by atoms with Crippen molar-refractivity contribution >= 4 is 28.6 Å². The van der Waals surface area contributed by atoms with Gasteiger partial charge < -0.3 is 14.7 Å². The summed E-state index contributed by atoms with van der Waals surface area (Å²) >= 11 is 0. The molecule has 0 spiro atoms. The average Bonchev–Trinajstić information content (AvgIpc) is 3.59. The van der Waals surface area contributed by atoms with Gasteiger partial charge in [-0.2, -0.15) is 0 Å². The van der Waals surface area contributed by atoms with E-state index in [2.05, 4.69) is 169 Å². The molecule has 2 unspecified atom stereocenters.